The highest BCUT2D eigenvalue weighted by Crippen LogP contribution is 2.64. The van der Waals surface area contributed by atoms with Crippen molar-refractivity contribution in [2.75, 3.05) is 5.32 Å². The van der Waals surface area contributed by atoms with Gasteiger partial charge in [-0.3, -0.25) is 9.48 Å². The van der Waals surface area contributed by atoms with Crippen LogP contribution >= 0.6 is 15.9 Å². The maximum Gasteiger partial charge on any atom is 0.230 e. The Morgan fingerprint density at radius 3 is 2.78 bits per heavy atom. The fraction of sp³-hybridized carbons (Fsp3) is 0.478. The molecule has 166 valence electrons. The van der Waals surface area contributed by atoms with Crippen molar-refractivity contribution in [3.8, 4) is 0 Å². The molecule has 2 unspecified atom stereocenters. The molecule has 1 amide bonds. The summed E-state index contributed by atoms with van der Waals surface area (Å²) in [5.74, 6) is 0.903. The summed E-state index contributed by atoms with van der Waals surface area (Å²) in [6.07, 6.45) is 11.3. The molecule has 3 aromatic rings. The molecule has 4 aliphatic carbocycles. The molecule has 4 saturated carbocycles. The minimum atomic E-state index is -0.382. The standard InChI is InChI=1S/C23H24BrFN6O/c24-21-26-14-31(29-21)23-8-16-4-17(9-23)7-22(6-16,13-23)20(32)28-19-10-27-30(12-19)11-15-2-1-3-18(25)5-15/h1-3,5,10,12,14,16-17H,4,6-9,11,13H2,(H,28,32). The molecule has 2 heterocycles. The van der Waals surface area contributed by atoms with E-state index >= 15 is 0 Å². The minimum absolute atomic E-state index is 0.0838. The molecular weight excluding hydrogens is 475 g/mol. The van der Waals surface area contributed by atoms with Gasteiger partial charge < -0.3 is 5.32 Å². The van der Waals surface area contributed by atoms with Crippen molar-refractivity contribution in [3.05, 3.63) is 59.1 Å². The van der Waals surface area contributed by atoms with Crippen LogP contribution < -0.4 is 5.32 Å². The van der Waals surface area contributed by atoms with E-state index in [1.54, 1.807) is 23.3 Å². The second-order valence-electron chi connectivity index (χ2n) is 9.93. The van der Waals surface area contributed by atoms with Gasteiger partial charge in [-0.15, -0.1) is 5.10 Å². The Hall–Kier alpha value is -2.55. The molecule has 1 aromatic carbocycles. The topological polar surface area (TPSA) is 77.6 Å². The fourth-order valence-electron chi connectivity index (χ4n) is 6.82. The number of aromatic nitrogens is 5. The van der Waals surface area contributed by atoms with Crippen LogP contribution in [0.5, 0.6) is 0 Å². The van der Waals surface area contributed by atoms with Crippen LogP contribution in [0, 0.1) is 23.1 Å². The van der Waals surface area contributed by atoms with Crippen LogP contribution in [0.1, 0.15) is 44.1 Å². The highest BCUT2D eigenvalue weighted by molar-refractivity contribution is 9.10. The van der Waals surface area contributed by atoms with E-state index in [0.717, 1.165) is 37.7 Å². The van der Waals surface area contributed by atoms with Crippen LogP contribution in [0.3, 0.4) is 0 Å². The van der Waals surface area contributed by atoms with Crippen molar-refractivity contribution in [2.45, 2.75) is 50.6 Å². The molecule has 4 fully saturated rings. The number of carbonyl (C=O) groups excluding carboxylic acids is 1. The third kappa shape index (κ3) is 3.37. The number of benzene rings is 1. The third-order valence-corrected chi connectivity index (χ3v) is 7.95. The van der Waals surface area contributed by atoms with Gasteiger partial charge in [0.1, 0.15) is 12.1 Å². The van der Waals surface area contributed by atoms with Gasteiger partial charge in [-0.1, -0.05) is 12.1 Å². The van der Waals surface area contributed by atoms with Crippen molar-refractivity contribution in [3.63, 3.8) is 0 Å². The van der Waals surface area contributed by atoms with Crippen molar-refractivity contribution < 1.29 is 9.18 Å². The van der Waals surface area contributed by atoms with E-state index in [2.05, 4.69) is 36.4 Å². The van der Waals surface area contributed by atoms with E-state index < -0.39 is 0 Å². The molecule has 0 aliphatic heterocycles. The molecule has 0 saturated heterocycles. The molecule has 7 rings (SSSR count). The molecular formula is C23H24BrFN6O. The first-order valence-corrected chi connectivity index (χ1v) is 11.9. The quantitative estimate of drug-likeness (QED) is 0.566. The van der Waals surface area contributed by atoms with Gasteiger partial charge in [0.15, 0.2) is 0 Å². The summed E-state index contributed by atoms with van der Waals surface area (Å²) in [7, 11) is 0. The highest BCUT2D eigenvalue weighted by Gasteiger charge is 2.61. The van der Waals surface area contributed by atoms with Gasteiger partial charge in [-0.05, 0) is 84.0 Å². The number of nitrogens with one attached hydrogen (secondary N) is 1. The minimum Gasteiger partial charge on any atom is -0.323 e. The zero-order valence-corrected chi connectivity index (χ0v) is 19.1. The SMILES string of the molecule is O=C(Nc1cnn(Cc2cccc(F)c2)c1)C12CC3CC(C1)CC(n1cnc(Br)n1)(C3)C2. The summed E-state index contributed by atoms with van der Waals surface area (Å²) in [5.41, 5.74) is 1.00. The van der Waals surface area contributed by atoms with Crippen LogP contribution in [0.25, 0.3) is 0 Å². The summed E-state index contributed by atoms with van der Waals surface area (Å²) < 4.78 is 17.8. The maximum absolute atomic E-state index is 13.6. The first-order chi connectivity index (χ1) is 15.4. The molecule has 7 nitrogen and oxygen atoms in total. The van der Waals surface area contributed by atoms with Crippen LogP contribution in [0.2, 0.25) is 0 Å². The lowest BCUT2D eigenvalue weighted by molar-refractivity contribution is -0.150. The number of carbonyl (C=O) groups is 1. The van der Waals surface area contributed by atoms with Crippen LogP contribution in [-0.2, 0) is 16.9 Å². The monoisotopic (exact) mass is 498 g/mol. The van der Waals surface area contributed by atoms with Gasteiger partial charge >= 0.3 is 0 Å². The van der Waals surface area contributed by atoms with Crippen molar-refractivity contribution >= 4 is 27.5 Å². The second kappa shape index (κ2) is 7.23. The Morgan fingerprint density at radius 1 is 1.25 bits per heavy atom. The molecule has 4 bridgehead atoms. The molecule has 32 heavy (non-hydrogen) atoms. The van der Waals surface area contributed by atoms with Crippen molar-refractivity contribution in [1.29, 1.82) is 0 Å². The van der Waals surface area contributed by atoms with Crippen LogP contribution in [0.4, 0.5) is 10.1 Å². The number of anilines is 1. The predicted molar refractivity (Wildman–Crippen MR) is 119 cm³/mol. The number of nitrogens with zero attached hydrogens (tertiary/aromatic N) is 5. The Bertz CT molecular complexity index is 1170. The normalized spacial score (nSPS) is 30.6. The van der Waals surface area contributed by atoms with Gasteiger partial charge in [0.25, 0.3) is 0 Å². The van der Waals surface area contributed by atoms with E-state index in [9.17, 15) is 9.18 Å². The summed E-state index contributed by atoms with van der Waals surface area (Å²) in [4.78, 5) is 17.9. The third-order valence-electron chi connectivity index (χ3n) is 7.59. The molecule has 0 radical (unpaired) electrons. The van der Waals surface area contributed by atoms with Gasteiger partial charge in [0.2, 0.25) is 10.6 Å². The van der Waals surface area contributed by atoms with E-state index in [-0.39, 0.29) is 22.7 Å². The average molecular weight is 499 g/mol. The number of hydrogen-bond donors (Lipinski definition) is 1. The molecule has 1 N–H and O–H groups in total. The fourth-order valence-corrected chi connectivity index (χ4v) is 7.08. The lowest BCUT2D eigenvalue weighted by Crippen LogP contribution is -2.60. The van der Waals surface area contributed by atoms with Crippen LogP contribution in [-0.4, -0.2) is 30.5 Å². The summed E-state index contributed by atoms with van der Waals surface area (Å²) >= 11 is 3.38. The first kappa shape index (κ1) is 20.1. The van der Waals surface area contributed by atoms with Gasteiger partial charge in [-0.25, -0.2) is 14.1 Å². The summed E-state index contributed by atoms with van der Waals surface area (Å²) in [6, 6.07) is 6.47. The highest BCUT2D eigenvalue weighted by atomic mass is 79.9. The second-order valence-corrected chi connectivity index (χ2v) is 10.6. The van der Waals surface area contributed by atoms with Crippen molar-refractivity contribution in [2.24, 2.45) is 17.3 Å². The molecule has 0 spiro atoms. The van der Waals surface area contributed by atoms with E-state index in [1.165, 1.54) is 18.6 Å². The number of rotatable bonds is 5. The Kier molecular flexibility index (Phi) is 4.54. The molecule has 2 atom stereocenters. The molecule has 2 aromatic heterocycles. The van der Waals surface area contributed by atoms with E-state index in [1.807, 2.05) is 16.9 Å². The number of amides is 1. The first-order valence-electron chi connectivity index (χ1n) is 11.1. The van der Waals surface area contributed by atoms with Gasteiger partial charge in [0.05, 0.1) is 29.4 Å². The zero-order chi connectivity index (χ0) is 21.9. The molecule has 4 aliphatic rings. The number of hydrogen-bond acceptors (Lipinski definition) is 4. The predicted octanol–water partition coefficient (Wildman–Crippen LogP) is 4.36. The zero-order valence-electron chi connectivity index (χ0n) is 17.5. The maximum atomic E-state index is 13.6. The number of halogens is 2. The van der Waals surface area contributed by atoms with Crippen molar-refractivity contribution in [1.82, 2.24) is 24.5 Å². The Balaban J connectivity index is 1.22. The average Bonchev–Trinajstić information content (AvgIpc) is 3.36. The largest absolute Gasteiger partial charge is 0.323 e. The van der Waals surface area contributed by atoms with Gasteiger partial charge in [-0.2, -0.15) is 5.10 Å². The molecule has 9 heteroatoms. The smallest absolute Gasteiger partial charge is 0.230 e. The van der Waals surface area contributed by atoms with Crippen LogP contribution in [0.15, 0.2) is 47.7 Å². The Labute approximate surface area is 193 Å². The van der Waals surface area contributed by atoms with Gasteiger partial charge in [0, 0.05) is 6.20 Å². The Morgan fingerprint density at radius 2 is 2.06 bits per heavy atom. The van der Waals surface area contributed by atoms with E-state index in [4.69, 9.17) is 0 Å². The van der Waals surface area contributed by atoms with E-state index in [0.29, 0.717) is 28.8 Å². The lowest BCUT2D eigenvalue weighted by Gasteiger charge is -2.60. The summed E-state index contributed by atoms with van der Waals surface area (Å²) in [6.45, 7) is 0.452. The summed E-state index contributed by atoms with van der Waals surface area (Å²) in [5, 5.41) is 12.1. The lowest BCUT2D eigenvalue weighted by atomic mass is 9.46.